The quantitative estimate of drug-likeness (QED) is 0.617. The molecule has 3 aromatic carbocycles. The van der Waals surface area contributed by atoms with Gasteiger partial charge in [0.05, 0.1) is 6.04 Å². The molecule has 0 radical (unpaired) electrons. The zero-order valence-electron chi connectivity index (χ0n) is 15.6. The number of amides is 3. The molecule has 4 N–H and O–H groups in total. The monoisotopic (exact) mass is 373 g/mol. The third-order valence-corrected chi connectivity index (χ3v) is 4.52. The maximum Gasteiger partial charge on any atom is 0.318 e. The summed E-state index contributed by atoms with van der Waals surface area (Å²) in [5.74, 6) is -0.494. The summed E-state index contributed by atoms with van der Waals surface area (Å²) in [5, 5.41) is 5.60. The van der Waals surface area contributed by atoms with Gasteiger partial charge in [0.15, 0.2) is 0 Å². The van der Waals surface area contributed by atoms with Crippen molar-refractivity contribution in [3.63, 3.8) is 0 Å². The molecule has 3 amide bonds. The summed E-state index contributed by atoms with van der Waals surface area (Å²) in [4.78, 5) is 24.0. The first-order valence-corrected chi connectivity index (χ1v) is 9.07. The Kier molecular flexibility index (Phi) is 6.19. The van der Waals surface area contributed by atoms with Crippen LogP contribution in [0, 0.1) is 6.92 Å². The maximum atomic E-state index is 12.7. The summed E-state index contributed by atoms with van der Waals surface area (Å²) in [6.45, 7) is 2.03. The minimum absolute atomic E-state index is 0.245. The van der Waals surface area contributed by atoms with Gasteiger partial charge in [-0.25, -0.2) is 4.79 Å². The highest BCUT2D eigenvalue weighted by Crippen LogP contribution is 2.26. The zero-order chi connectivity index (χ0) is 19.9. The van der Waals surface area contributed by atoms with E-state index >= 15 is 0 Å². The van der Waals surface area contributed by atoms with E-state index in [4.69, 9.17) is 5.73 Å². The van der Waals surface area contributed by atoms with Gasteiger partial charge >= 0.3 is 6.03 Å². The highest BCUT2D eigenvalue weighted by molar-refractivity contribution is 5.96. The average Bonchev–Trinajstić information content (AvgIpc) is 2.70. The molecule has 0 heterocycles. The normalized spacial score (nSPS) is 12.8. The Morgan fingerprint density at radius 3 is 1.79 bits per heavy atom. The first kappa shape index (κ1) is 19.3. The van der Waals surface area contributed by atoms with Gasteiger partial charge in [0.25, 0.3) is 0 Å². The van der Waals surface area contributed by atoms with Gasteiger partial charge < -0.3 is 5.73 Å². The van der Waals surface area contributed by atoms with Gasteiger partial charge in [-0.1, -0.05) is 90.5 Å². The standard InChI is InChI=1S/C23H23N3O2/c1-16-12-14-19(15-13-16)20(17-8-4-2-5-9-17)25-21(22(27)26-23(24)28)18-10-6-3-7-11-18/h2-15,20-21,25H,1H3,(H3,24,26,27,28)/t20-,21-/m1/s1. The lowest BCUT2D eigenvalue weighted by atomic mass is 9.95. The van der Waals surface area contributed by atoms with Crippen molar-refractivity contribution >= 4 is 11.9 Å². The molecule has 2 atom stereocenters. The molecule has 0 aliphatic rings. The predicted molar refractivity (Wildman–Crippen MR) is 110 cm³/mol. The predicted octanol–water partition coefficient (Wildman–Crippen LogP) is 3.61. The largest absolute Gasteiger partial charge is 0.351 e. The van der Waals surface area contributed by atoms with Gasteiger partial charge in [0, 0.05) is 0 Å². The van der Waals surface area contributed by atoms with Crippen LogP contribution in [0.4, 0.5) is 4.79 Å². The molecular formula is C23H23N3O2. The van der Waals surface area contributed by atoms with Crippen LogP contribution in [0.2, 0.25) is 0 Å². The minimum atomic E-state index is -0.876. The number of aryl methyl sites for hydroxylation is 1. The van der Waals surface area contributed by atoms with E-state index in [9.17, 15) is 9.59 Å². The van der Waals surface area contributed by atoms with E-state index in [1.54, 1.807) is 0 Å². The summed E-state index contributed by atoms with van der Waals surface area (Å²) in [6, 6.07) is 25.4. The number of urea groups is 1. The summed E-state index contributed by atoms with van der Waals surface area (Å²) in [7, 11) is 0. The number of nitrogens with two attached hydrogens (primary N) is 1. The van der Waals surface area contributed by atoms with Gasteiger partial charge in [-0.15, -0.1) is 0 Å². The molecule has 3 rings (SSSR count). The van der Waals surface area contributed by atoms with E-state index in [0.717, 1.165) is 22.3 Å². The summed E-state index contributed by atoms with van der Waals surface area (Å²) in [5.41, 5.74) is 9.11. The molecule has 0 aliphatic carbocycles. The van der Waals surface area contributed by atoms with Crippen molar-refractivity contribution < 1.29 is 9.59 Å². The number of nitrogens with one attached hydrogen (secondary N) is 2. The van der Waals surface area contributed by atoms with Crippen LogP contribution in [0.25, 0.3) is 0 Å². The number of benzene rings is 3. The molecule has 0 aliphatic heterocycles. The number of hydrogen-bond donors (Lipinski definition) is 3. The van der Waals surface area contributed by atoms with Crippen LogP contribution in [0.5, 0.6) is 0 Å². The van der Waals surface area contributed by atoms with Gasteiger partial charge in [0.1, 0.15) is 6.04 Å². The number of imide groups is 1. The molecule has 0 bridgehead atoms. The fraction of sp³-hybridized carbons (Fsp3) is 0.130. The molecule has 5 nitrogen and oxygen atoms in total. The minimum Gasteiger partial charge on any atom is -0.351 e. The van der Waals surface area contributed by atoms with Crippen molar-refractivity contribution in [3.8, 4) is 0 Å². The SMILES string of the molecule is Cc1ccc([C@H](N[C@@H](C(=O)NC(N)=O)c2ccccc2)c2ccccc2)cc1. The topological polar surface area (TPSA) is 84.2 Å². The van der Waals surface area contributed by atoms with Crippen LogP contribution < -0.4 is 16.4 Å². The number of carbonyl (C=O) groups excluding carboxylic acids is 2. The van der Waals surface area contributed by atoms with Gasteiger partial charge in [0.2, 0.25) is 5.91 Å². The van der Waals surface area contributed by atoms with Crippen molar-refractivity contribution in [1.29, 1.82) is 0 Å². The van der Waals surface area contributed by atoms with Gasteiger partial charge in [-0.2, -0.15) is 0 Å². The van der Waals surface area contributed by atoms with Crippen LogP contribution in [-0.2, 0) is 4.79 Å². The second-order valence-electron chi connectivity index (χ2n) is 6.62. The Hall–Kier alpha value is -3.44. The average molecular weight is 373 g/mol. The first-order valence-electron chi connectivity index (χ1n) is 9.07. The Morgan fingerprint density at radius 2 is 1.25 bits per heavy atom. The second-order valence-corrected chi connectivity index (χ2v) is 6.62. The smallest absolute Gasteiger partial charge is 0.318 e. The van der Waals surface area contributed by atoms with Crippen molar-refractivity contribution in [2.24, 2.45) is 5.73 Å². The molecule has 0 aromatic heterocycles. The molecule has 0 fully saturated rings. The molecule has 0 spiro atoms. The van der Waals surface area contributed by atoms with Crippen LogP contribution >= 0.6 is 0 Å². The highest BCUT2D eigenvalue weighted by Gasteiger charge is 2.26. The molecule has 3 aromatic rings. The summed E-state index contributed by atoms with van der Waals surface area (Å²) < 4.78 is 0. The Labute approximate surface area is 164 Å². The van der Waals surface area contributed by atoms with Crippen LogP contribution in [0.1, 0.15) is 34.3 Å². The second kappa shape index (κ2) is 8.97. The van der Waals surface area contributed by atoms with Crippen LogP contribution in [0.15, 0.2) is 84.9 Å². The molecule has 0 unspecified atom stereocenters. The third-order valence-electron chi connectivity index (χ3n) is 4.52. The molecule has 0 saturated carbocycles. The number of primary amides is 1. The van der Waals surface area contributed by atoms with E-state index in [1.807, 2.05) is 91.9 Å². The van der Waals surface area contributed by atoms with Crippen LogP contribution in [0.3, 0.4) is 0 Å². The van der Waals surface area contributed by atoms with Gasteiger partial charge in [-0.3, -0.25) is 15.4 Å². The van der Waals surface area contributed by atoms with Gasteiger partial charge in [-0.05, 0) is 23.6 Å². The Bertz CT molecular complexity index is 925. The Balaban J connectivity index is 2.00. The third kappa shape index (κ3) is 4.84. The van der Waals surface area contributed by atoms with Crippen molar-refractivity contribution in [2.45, 2.75) is 19.0 Å². The summed E-state index contributed by atoms with van der Waals surface area (Å²) in [6.07, 6.45) is 0. The fourth-order valence-electron chi connectivity index (χ4n) is 3.12. The van der Waals surface area contributed by atoms with E-state index in [2.05, 4.69) is 10.6 Å². The van der Waals surface area contributed by atoms with E-state index in [-0.39, 0.29) is 6.04 Å². The van der Waals surface area contributed by atoms with Crippen LogP contribution in [-0.4, -0.2) is 11.9 Å². The molecule has 0 saturated heterocycles. The molecule has 142 valence electrons. The lowest BCUT2D eigenvalue weighted by Crippen LogP contribution is -2.44. The van der Waals surface area contributed by atoms with Crippen molar-refractivity contribution in [3.05, 3.63) is 107 Å². The number of carbonyl (C=O) groups is 2. The van der Waals surface area contributed by atoms with E-state index in [1.165, 1.54) is 0 Å². The number of rotatable bonds is 6. The molecule has 28 heavy (non-hydrogen) atoms. The lowest BCUT2D eigenvalue weighted by molar-refractivity contribution is -0.122. The zero-order valence-corrected chi connectivity index (χ0v) is 15.6. The fourth-order valence-corrected chi connectivity index (χ4v) is 3.12. The highest BCUT2D eigenvalue weighted by atomic mass is 16.2. The maximum absolute atomic E-state index is 12.7. The molecular weight excluding hydrogens is 350 g/mol. The van der Waals surface area contributed by atoms with E-state index in [0.29, 0.717) is 0 Å². The van der Waals surface area contributed by atoms with E-state index < -0.39 is 18.0 Å². The van der Waals surface area contributed by atoms with Crippen molar-refractivity contribution in [1.82, 2.24) is 10.6 Å². The number of hydrogen-bond acceptors (Lipinski definition) is 3. The van der Waals surface area contributed by atoms with Crippen molar-refractivity contribution in [2.75, 3.05) is 0 Å². The Morgan fingerprint density at radius 1 is 0.750 bits per heavy atom. The first-order chi connectivity index (χ1) is 13.5. The lowest BCUT2D eigenvalue weighted by Gasteiger charge is -2.26. The molecule has 5 heteroatoms. The summed E-state index contributed by atoms with van der Waals surface area (Å²) >= 11 is 0.